The molecule has 1 heterocycles. The van der Waals surface area contributed by atoms with Gasteiger partial charge in [-0.3, -0.25) is 9.59 Å². The van der Waals surface area contributed by atoms with E-state index in [0.717, 1.165) is 19.4 Å². The molecule has 1 aliphatic rings. The lowest BCUT2D eigenvalue weighted by Gasteiger charge is -2.29. The quantitative estimate of drug-likeness (QED) is 0.686. The fraction of sp³-hybridized carbons (Fsp3) is 0.857. The summed E-state index contributed by atoms with van der Waals surface area (Å²) in [6.45, 7) is 9.44. The van der Waals surface area contributed by atoms with Gasteiger partial charge < -0.3 is 16.0 Å². The molecule has 0 aromatic carbocycles. The molecule has 1 aliphatic heterocycles. The summed E-state index contributed by atoms with van der Waals surface area (Å²) < 4.78 is 0. The van der Waals surface area contributed by atoms with E-state index in [9.17, 15) is 9.59 Å². The molecule has 3 atom stereocenters. The van der Waals surface area contributed by atoms with Crippen LogP contribution in [0.15, 0.2) is 0 Å². The summed E-state index contributed by atoms with van der Waals surface area (Å²) in [5.41, 5.74) is 0. The van der Waals surface area contributed by atoms with Crippen LogP contribution < -0.4 is 16.0 Å². The smallest absolute Gasteiger partial charge is 0.242 e. The molecule has 19 heavy (non-hydrogen) atoms. The van der Waals surface area contributed by atoms with Crippen LogP contribution in [0, 0.1) is 11.8 Å². The van der Waals surface area contributed by atoms with Gasteiger partial charge in [-0.2, -0.15) is 0 Å². The van der Waals surface area contributed by atoms with E-state index in [-0.39, 0.29) is 23.8 Å². The summed E-state index contributed by atoms with van der Waals surface area (Å²) in [5.74, 6) is 0.244. The largest absolute Gasteiger partial charge is 0.354 e. The van der Waals surface area contributed by atoms with E-state index in [1.807, 2.05) is 20.8 Å². The zero-order chi connectivity index (χ0) is 14.4. The van der Waals surface area contributed by atoms with E-state index in [0.29, 0.717) is 12.5 Å². The zero-order valence-electron chi connectivity index (χ0n) is 12.5. The number of nitrogens with one attached hydrogen (secondary N) is 3. The van der Waals surface area contributed by atoms with Crippen LogP contribution in [-0.4, -0.2) is 37.0 Å². The summed E-state index contributed by atoms with van der Waals surface area (Å²) >= 11 is 0. The number of hydrogen-bond donors (Lipinski definition) is 3. The predicted octanol–water partition coefficient (Wildman–Crippen LogP) is 0.651. The van der Waals surface area contributed by atoms with Crippen molar-refractivity contribution in [2.75, 3.05) is 13.1 Å². The van der Waals surface area contributed by atoms with Gasteiger partial charge in [-0.25, -0.2) is 0 Å². The Bertz CT molecular complexity index is 318. The van der Waals surface area contributed by atoms with Gasteiger partial charge in [0, 0.05) is 12.6 Å². The SMILES string of the molecule is CC(C)CNC(=O)C(C)NC(=O)C1CCCNC1C. The molecule has 2 amide bonds. The molecule has 0 spiro atoms. The van der Waals surface area contributed by atoms with Gasteiger partial charge in [0.15, 0.2) is 0 Å². The molecule has 110 valence electrons. The van der Waals surface area contributed by atoms with Crippen molar-refractivity contribution in [3.8, 4) is 0 Å². The summed E-state index contributed by atoms with van der Waals surface area (Å²) in [4.78, 5) is 23.9. The Kier molecular flexibility index (Phi) is 6.28. The molecule has 5 heteroatoms. The predicted molar refractivity (Wildman–Crippen MR) is 75.6 cm³/mol. The highest BCUT2D eigenvalue weighted by Crippen LogP contribution is 2.16. The van der Waals surface area contributed by atoms with Gasteiger partial charge >= 0.3 is 0 Å². The molecular weight excluding hydrogens is 242 g/mol. The molecular formula is C14H27N3O2. The minimum absolute atomic E-state index is 0.0214. The minimum Gasteiger partial charge on any atom is -0.354 e. The van der Waals surface area contributed by atoms with Gasteiger partial charge in [0.25, 0.3) is 0 Å². The Labute approximate surface area is 115 Å². The normalized spacial score (nSPS) is 24.9. The van der Waals surface area contributed by atoms with Crippen molar-refractivity contribution in [2.45, 2.75) is 52.6 Å². The number of amides is 2. The third-order valence-corrected chi connectivity index (χ3v) is 3.54. The Balaban J connectivity index is 2.40. The van der Waals surface area contributed by atoms with Crippen molar-refractivity contribution in [1.29, 1.82) is 0 Å². The van der Waals surface area contributed by atoms with Crippen LogP contribution in [0.3, 0.4) is 0 Å². The molecule has 0 saturated carbocycles. The van der Waals surface area contributed by atoms with Crippen molar-refractivity contribution in [3.63, 3.8) is 0 Å². The lowest BCUT2D eigenvalue weighted by Crippen LogP contribution is -2.52. The topological polar surface area (TPSA) is 70.2 Å². The fourth-order valence-electron chi connectivity index (χ4n) is 2.25. The molecule has 0 aromatic heterocycles. The van der Waals surface area contributed by atoms with E-state index in [1.165, 1.54) is 0 Å². The number of hydrogen-bond acceptors (Lipinski definition) is 3. The summed E-state index contributed by atoms with van der Waals surface area (Å²) in [6, 6.07) is -0.292. The number of carbonyl (C=O) groups excluding carboxylic acids is 2. The second-order valence-electron chi connectivity index (χ2n) is 5.86. The van der Waals surface area contributed by atoms with Crippen LogP contribution >= 0.6 is 0 Å². The summed E-state index contributed by atoms with van der Waals surface area (Å²) in [7, 11) is 0. The third kappa shape index (κ3) is 5.19. The van der Waals surface area contributed by atoms with Crippen LogP contribution in [0.4, 0.5) is 0 Å². The maximum Gasteiger partial charge on any atom is 0.242 e. The summed E-state index contributed by atoms with van der Waals surface area (Å²) in [5, 5.41) is 8.94. The average Bonchev–Trinajstić information content (AvgIpc) is 2.36. The van der Waals surface area contributed by atoms with E-state index in [1.54, 1.807) is 6.92 Å². The van der Waals surface area contributed by atoms with Crippen LogP contribution in [0.1, 0.15) is 40.5 Å². The minimum atomic E-state index is -0.472. The zero-order valence-corrected chi connectivity index (χ0v) is 12.5. The lowest BCUT2D eigenvalue weighted by molar-refractivity contribution is -0.131. The third-order valence-electron chi connectivity index (χ3n) is 3.54. The maximum absolute atomic E-state index is 12.1. The van der Waals surface area contributed by atoms with Gasteiger partial charge in [0.05, 0.1) is 5.92 Å². The number of rotatable bonds is 5. The lowest BCUT2D eigenvalue weighted by atomic mass is 9.91. The highest BCUT2D eigenvalue weighted by molar-refractivity contribution is 5.88. The highest BCUT2D eigenvalue weighted by Gasteiger charge is 2.29. The standard InChI is InChI=1S/C14H27N3O2/c1-9(2)8-16-13(18)11(4)17-14(19)12-6-5-7-15-10(12)3/h9-12,15H,5-8H2,1-4H3,(H,16,18)(H,17,19). The number of carbonyl (C=O) groups is 2. The Morgan fingerprint density at radius 1 is 1.32 bits per heavy atom. The highest BCUT2D eigenvalue weighted by atomic mass is 16.2. The Morgan fingerprint density at radius 3 is 2.58 bits per heavy atom. The van der Waals surface area contributed by atoms with Gasteiger partial charge in [-0.1, -0.05) is 13.8 Å². The van der Waals surface area contributed by atoms with Gasteiger partial charge in [-0.05, 0) is 39.2 Å². The van der Waals surface area contributed by atoms with E-state index in [2.05, 4.69) is 16.0 Å². The van der Waals surface area contributed by atoms with Crippen molar-refractivity contribution in [1.82, 2.24) is 16.0 Å². The first-order chi connectivity index (χ1) is 8.91. The number of piperidine rings is 1. The van der Waals surface area contributed by atoms with Crippen LogP contribution in [0.5, 0.6) is 0 Å². The molecule has 1 saturated heterocycles. The first-order valence-electron chi connectivity index (χ1n) is 7.23. The van der Waals surface area contributed by atoms with E-state index < -0.39 is 6.04 Å². The first kappa shape index (κ1) is 16.0. The van der Waals surface area contributed by atoms with Crippen molar-refractivity contribution in [2.24, 2.45) is 11.8 Å². The molecule has 5 nitrogen and oxygen atoms in total. The molecule has 3 N–H and O–H groups in total. The van der Waals surface area contributed by atoms with Crippen LogP contribution in [-0.2, 0) is 9.59 Å². The Hall–Kier alpha value is -1.10. The van der Waals surface area contributed by atoms with Crippen molar-refractivity contribution in [3.05, 3.63) is 0 Å². The van der Waals surface area contributed by atoms with Gasteiger partial charge in [0.1, 0.15) is 6.04 Å². The average molecular weight is 269 g/mol. The fourth-order valence-corrected chi connectivity index (χ4v) is 2.25. The molecule has 0 aliphatic carbocycles. The monoisotopic (exact) mass is 269 g/mol. The van der Waals surface area contributed by atoms with Gasteiger partial charge in [-0.15, -0.1) is 0 Å². The van der Waals surface area contributed by atoms with Gasteiger partial charge in [0.2, 0.25) is 11.8 Å². The van der Waals surface area contributed by atoms with Crippen LogP contribution in [0.25, 0.3) is 0 Å². The molecule has 0 radical (unpaired) electrons. The van der Waals surface area contributed by atoms with Crippen LogP contribution in [0.2, 0.25) is 0 Å². The molecule has 0 aromatic rings. The maximum atomic E-state index is 12.1. The molecule has 1 rings (SSSR count). The van der Waals surface area contributed by atoms with Crippen molar-refractivity contribution < 1.29 is 9.59 Å². The molecule has 1 fully saturated rings. The van der Waals surface area contributed by atoms with E-state index >= 15 is 0 Å². The van der Waals surface area contributed by atoms with Crippen molar-refractivity contribution >= 4 is 11.8 Å². The molecule has 0 bridgehead atoms. The second kappa shape index (κ2) is 7.48. The first-order valence-corrected chi connectivity index (χ1v) is 7.23. The second-order valence-corrected chi connectivity index (χ2v) is 5.86. The van der Waals surface area contributed by atoms with E-state index in [4.69, 9.17) is 0 Å². The summed E-state index contributed by atoms with van der Waals surface area (Å²) in [6.07, 6.45) is 1.90. The molecule has 3 unspecified atom stereocenters. The Morgan fingerprint density at radius 2 is 2.00 bits per heavy atom.